The topological polar surface area (TPSA) is 0 Å². The molecule has 0 aliphatic carbocycles. The van der Waals surface area contributed by atoms with Crippen molar-refractivity contribution in [1.29, 1.82) is 0 Å². The van der Waals surface area contributed by atoms with E-state index in [4.69, 9.17) is 11.6 Å². The number of aryl methyl sites for hydroxylation is 1. The third kappa shape index (κ3) is 2.52. The fraction of sp³-hybridized carbons (Fsp3) is 0.176. The molecule has 2 aromatic carbocycles. The van der Waals surface area contributed by atoms with Crippen LogP contribution in [0.5, 0.6) is 0 Å². The maximum Gasteiger partial charge on any atom is 0.0744 e. The third-order valence-corrected chi connectivity index (χ3v) is 6.37. The van der Waals surface area contributed by atoms with Crippen molar-refractivity contribution in [2.45, 2.75) is 18.2 Å². The van der Waals surface area contributed by atoms with Gasteiger partial charge >= 0.3 is 0 Å². The Hall–Kier alpha value is -0.830. The van der Waals surface area contributed by atoms with Crippen molar-refractivity contribution < 1.29 is 0 Å². The molecule has 102 valence electrons. The molecule has 1 atom stereocenters. The maximum atomic E-state index is 6.29. The van der Waals surface area contributed by atoms with Crippen LogP contribution in [-0.4, -0.2) is 0 Å². The second-order valence-electron chi connectivity index (χ2n) is 4.70. The van der Waals surface area contributed by atoms with Crippen LogP contribution in [0.15, 0.2) is 48.5 Å². The number of hydrogen-bond acceptors (Lipinski definition) is 1. The lowest BCUT2D eigenvalue weighted by Gasteiger charge is -2.12. The summed E-state index contributed by atoms with van der Waals surface area (Å²) in [5.74, 6) is 0. The summed E-state index contributed by atoms with van der Waals surface area (Å²) in [6.07, 6.45) is 1.09. The predicted octanol–water partition coefficient (Wildman–Crippen LogP) is 6.60. The smallest absolute Gasteiger partial charge is 0.0744 e. The van der Waals surface area contributed by atoms with Gasteiger partial charge in [-0.3, -0.25) is 0 Å². The Labute approximate surface area is 136 Å². The first-order valence-corrected chi connectivity index (χ1v) is 8.71. The zero-order valence-corrected chi connectivity index (χ0v) is 14.2. The second kappa shape index (κ2) is 5.88. The Morgan fingerprint density at radius 1 is 1.05 bits per heavy atom. The minimum absolute atomic E-state index is 0.218. The molecule has 0 bridgehead atoms. The number of fused-ring (bicyclic) bond motifs is 1. The fourth-order valence-electron chi connectivity index (χ4n) is 2.38. The number of hydrogen-bond donors (Lipinski definition) is 0. The minimum atomic E-state index is 0.218. The van der Waals surface area contributed by atoms with Crippen LogP contribution >= 0.6 is 38.9 Å². The van der Waals surface area contributed by atoms with Crippen molar-refractivity contribution in [3.8, 4) is 0 Å². The highest BCUT2D eigenvalue weighted by Crippen LogP contribution is 2.40. The van der Waals surface area contributed by atoms with Crippen molar-refractivity contribution in [2.75, 3.05) is 0 Å². The molecule has 0 saturated heterocycles. The summed E-state index contributed by atoms with van der Waals surface area (Å²) < 4.78 is 0. The molecular weight excluding hydrogens is 352 g/mol. The summed E-state index contributed by atoms with van der Waals surface area (Å²) in [4.78, 5) is 2.98. The Morgan fingerprint density at radius 3 is 2.50 bits per heavy atom. The molecule has 0 spiro atoms. The first kappa shape index (κ1) is 14.1. The van der Waals surface area contributed by atoms with Gasteiger partial charge in [-0.05, 0) is 35.6 Å². The summed E-state index contributed by atoms with van der Waals surface area (Å²) >= 11 is 12.0. The van der Waals surface area contributed by atoms with E-state index in [0.717, 1.165) is 16.8 Å². The monoisotopic (exact) mass is 364 g/mol. The standard InChI is InChI=1S/C17H14BrClS/c1-2-11-7-10-16(20-11)17(18)14-8-9-15(19)13-6-4-3-5-12(13)14/h3-10,17H,2H2,1H3. The summed E-state index contributed by atoms with van der Waals surface area (Å²) in [5, 5.41) is 3.14. The van der Waals surface area contributed by atoms with Crippen LogP contribution in [0, 0.1) is 0 Å². The van der Waals surface area contributed by atoms with Crippen LogP contribution in [0.25, 0.3) is 10.8 Å². The van der Waals surface area contributed by atoms with Crippen molar-refractivity contribution in [3.63, 3.8) is 0 Å². The average molecular weight is 366 g/mol. The van der Waals surface area contributed by atoms with Gasteiger partial charge < -0.3 is 0 Å². The molecule has 0 aliphatic heterocycles. The van der Waals surface area contributed by atoms with Crippen LogP contribution in [0.3, 0.4) is 0 Å². The summed E-state index contributed by atoms with van der Waals surface area (Å²) in [7, 11) is 0. The summed E-state index contributed by atoms with van der Waals surface area (Å²) in [6.45, 7) is 2.19. The van der Waals surface area contributed by atoms with Gasteiger partial charge in [0.2, 0.25) is 0 Å². The number of benzene rings is 2. The molecule has 0 N–H and O–H groups in total. The number of halogens is 2. The molecule has 0 radical (unpaired) electrons. The Kier molecular flexibility index (Phi) is 4.16. The first-order valence-electron chi connectivity index (χ1n) is 6.60. The van der Waals surface area contributed by atoms with Gasteiger partial charge in [-0.2, -0.15) is 0 Å². The lowest BCUT2D eigenvalue weighted by Crippen LogP contribution is -1.91. The van der Waals surface area contributed by atoms with Gasteiger partial charge in [0.15, 0.2) is 0 Å². The van der Waals surface area contributed by atoms with Crippen LogP contribution in [-0.2, 0) is 6.42 Å². The van der Waals surface area contributed by atoms with Crippen molar-refractivity contribution in [1.82, 2.24) is 0 Å². The largest absolute Gasteiger partial charge is 0.144 e. The zero-order valence-electron chi connectivity index (χ0n) is 11.1. The molecule has 3 aromatic rings. The minimum Gasteiger partial charge on any atom is -0.144 e. The summed E-state index contributed by atoms with van der Waals surface area (Å²) in [5.41, 5.74) is 1.27. The van der Waals surface area contributed by atoms with Crippen LogP contribution < -0.4 is 0 Å². The van der Waals surface area contributed by atoms with Crippen LogP contribution in [0.2, 0.25) is 5.02 Å². The normalized spacial score (nSPS) is 12.8. The molecule has 0 aliphatic rings. The van der Waals surface area contributed by atoms with Crippen LogP contribution in [0.1, 0.15) is 27.1 Å². The van der Waals surface area contributed by atoms with E-state index in [2.05, 4.69) is 59.3 Å². The molecule has 1 heterocycles. The molecule has 1 unspecified atom stereocenters. The van der Waals surface area contributed by atoms with Crippen molar-refractivity contribution >= 4 is 49.6 Å². The number of rotatable bonds is 3. The predicted molar refractivity (Wildman–Crippen MR) is 93.4 cm³/mol. The van der Waals surface area contributed by atoms with Crippen molar-refractivity contribution in [2.24, 2.45) is 0 Å². The maximum absolute atomic E-state index is 6.29. The van der Waals surface area contributed by atoms with Crippen LogP contribution in [0.4, 0.5) is 0 Å². The quantitative estimate of drug-likeness (QED) is 0.459. The molecule has 0 fully saturated rings. The van der Waals surface area contributed by atoms with E-state index in [1.165, 1.54) is 20.7 Å². The lowest BCUT2D eigenvalue weighted by molar-refractivity contribution is 1.19. The highest BCUT2D eigenvalue weighted by atomic mass is 79.9. The highest BCUT2D eigenvalue weighted by molar-refractivity contribution is 9.09. The Morgan fingerprint density at radius 2 is 1.80 bits per heavy atom. The van der Waals surface area contributed by atoms with Gasteiger partial charge in [-0.15, -0.1) is 11.3 Å². The summed E-state index contributed by atoms with van der Waals surface area (Å²) in [6, 6.07) is 16.8. The molecule has 1 aromatic heterocycles. The van der Waals surface area contributed by atoms with E-state index < -0.39 is 0 Å². The van der Waals surface area contributed by atoms with E-state index in [1.54, 1.807) is 0 Å². The van der Waals surface area contributed by atoms with Gasteiger partial charge in [-0.1, -0.05) is 64.8 Å². The Balaban J connectivity index is 2.12. The number of thiophene rings is 1. The molecule has 3 heteroatoms. The second-order valence-corrected chi connectivity index (χ2v) is 7.23. The van der Waals surface area contributed by atoms with Gasteiger partial charge in [0.05, 0.1) is 4.83 Å². The highest BCUT2D eigenvalue weighted by Gasteiger charge is 2.16. The van der Waals surface area contributed by atoms with E-state index in [-0.39, 0.29) is 4.83 Å². The fourth-order valence-corrected chi connectivity index (χ4v) is 4.39. The van der Waals surface area contributed by atoms with Gasteiger partial charge in [0, 0.05) is 20.2 Å². The molecule has 0 amide bonds. The molecule has 0 nitrogen and oxygen atoms in total. The molecule has 0 saturated carbocycles. The molecular formula is C17H14BrClS. The zero-order chi connectivity index (χ0) is 14.1. The van der Waals surface area contributed by atoms with E-state index in [9.17, 15) is 0 Å². The lowest BCUT2D eigenvalue weighted by atomic mass is 10.0. The van der Waals surface area contributed by atoms with Crippen molar-refractivity contribution in [3.05, 3.63) is 68.9 Å². The van der Waals surface area contributed by atoms with Gasteiger partial charge in [-0.25, -0.2) is 0 Å². The van der Waals surface area contributed by atoms with E-state index in [1.807, 2.05) is 23.5 Å². The molecule has 3 rings (SSSR count). The SMILES string of the molecule is CCc1ccc(C(Br)c2ccc(Cl)c3ccccc23)s1. The first-order chi connectivity index (χ1) is 9.70. The average Bonchev–Trinajstić information content (AvgIpc) is 2.96. The van der Waals surface area contributed by atoms with E-state index in [0.29, 0.717) is 0 Å². The molecule has 20 heavy (non-hydrogen) atoms. The van der Waals surface area contributed by atoms with E-state index >= 15 is 0 Å². The van der Waals surface area contributed by atoms with Gasteiger partial charge in [0.1, 0.15) is 0 Å². The third-order valence-electron chi connectivity index (χ3n) is 3.46. The Bertz CT molecular complexity index is 748. The van der Waals surface area contributed by atoms with Gasteiger partial charge in [0.25, 0.3) is 0 Å². The number of alkyl halides is 1.